The lowest BCUT2D eigenvalue weighted by molar-refractivity contribution is 0.598. The second kappa shape index (κ2) is 3.99. The van der Waals surface area contributed by atoms with Crippen molar-refractivity contribution < 1.29 is 8.42 Å². The molecular formula is C10H9N3O2S. The van der Waals surface area contributed by atoms with Crippen molar-refractivity contribution in [2.45, 2.75) is 4.90 Å². The third-order valence-corrected chi connectivity index (χ3v) is 3.00. The largest absolute Gasteiger partial charge is 0.261 e. The first-order valence-corrected chi connectivity index (χ1v) is 6.02. The van der Waals surface area contributed by atoms with E-state index < -0.39 is 10.0 Å². The van der Waals surface area contributed by atoms with Gasteiger partial charge >= 0.3 is 0 Å². The summed E-state index contributed by atoms with van der Waals surface area (Å²) in [5.74, 6) is 0. The third kappa shape index (κ3) is 2.07. The van der Waals surface area contributed by atoms with Gasteiger partial charge in [0.05, 0.1) is 16.8 Å². The predicted molar refractivity (Wildman–Crippen MR) is 58.8 cm³/mol. The zero-order valence-electron chi connectivity index (χ0n) is 8.24. The Kier molecular flexibility index (Phi) is 2.67. The van der Waals surface area contributed by atoms with Crippen LogP contribution in [-0.2, 0) is 10.0 Å². The highest BCUT2D eigenvalue weighted by atomic mass is 32.2. The normalized spacial score (nSPS) is 11.3. The van der Waals surface area contributed by atoms with E-state index in [1.165, 1.54) is 24.7 Å². The van der Waals surface area contributed by atoms with E-state index in [1.807, 2.05) is 0 Å². The molecule has 0 aliphatic heterocycles. The zero-order chi connectivity index (χ0) is 11.6. The van der Waals surface area contributed by atoms with Gasteiger partial charge in [-0.3, -0.25) is 9.97 Å². The third-order valence-electron chi connectivity index (χ3n) is 2.03. The van der Waals surface area contributed by atoms with Crippen molar-refractivity contribution in [2.75, 3.05) is 0 Å². The number of hydrogen-bond acceptors (Lipinski definition) is 4. The van der Waals surface area contributed by atoms with E-state index in [0.29, 0.717) is 11.3 Å². The van der Waals surface area contributed by atoms with Gasteiger partial charge in [-0.15, -0.1) is 0 Å². The predicted octanol–water partition coefficient (Wildman–Crippen LogP) is 0.791. The first-order valence-electron chi connectivity index (χ1n) is 4.47. The summed E-state index contributed by atoms with van der Waals surface area (Å²) in [6, 6.07) is 6.42. The van der Waals surface area contributed by atoms with E-state index in [2.05, 4.69) is 9.97 Å². The van der Waals surface area contributed by atoms with Crippen LogP contribution in [0.25, 0.3) is 11.3 Å². The van der Waals surface area contributed by atoms with Gasteiger partial charge in [0.15, 0.2) is 0 Å². The maximum absolute atomic E-state index is 11.4. The van der Waals surface area contributed by atoms with Crippen molar-refractivity contribution in [3.63, 3.8) is 0 Å². The van der Waals surface area contributed by atoms with E-state index in [9.17, 15) is 8.42 Å². The van der Waals surface area contributed by atoms with Crippen LogP contribution >= 0.6 is 0 Å². The van der Waals surface area contributed by atoms with Crippen LogP contribution in [-0.4, -0.2) is 18.4 Å². The number of aromatic nitrogens is 2. The molecule has 0 unspecified atom stereocenters. The molecule has 82 valence electrons. The maximum atomic E-state index is 11.4. The summed E-state index contributed by atoms with van der Waals surface area (Å²) in [5.41, 5.74) is 0.935. The first kappa shape index (κ1) is 10.7. The van der Waals surface area contributed by atoms with Gasteiger partial charge in [-0.25, -0.2) is 13.6 Å². The summed E-state index contributed by atoms with van der Waals surface area (Å²) in [4.78, 5) is 7.98. The second-order valence-electron chi connectivity index (χ2n) is 3.13. The minimum Gasteiger partial charge on any atom is -0.261 e. The van der Waals surface area contributed by atoms with Gasteiger partial charge in [0.1, 0.15) is 0 Å². The number of rotatable bonds is 2. The molecule has 0 amide bonds. The molecule has 0 atom stereocenters. The quantitative estimate of drug-likeness (QED) is 0.833. The number of benzene rings is 1. The summed E-state index contributed by atoms with van der Waals surface area (Å²) < 4.78 is 22.7. The molecule has 0 bridgehead atoms. The van der Waals surface area contributed by atoms with E-state index in [0.717, 1.165) is 0 Å². The molecule has 0 spiro atoms. The summed E-state index contributed by atoms with van der Waals surface area (Å²) in [6.07, 6.45) is 4.50. The van der Waals surface area contributed by atoms with Crippen LogP contribution in [0, 0.1) is 0 Å². The summed E-state index contributed by atoms with van der Waals surface area (Å²) in [5, 5.41) is 5.12. The molecule has 16 heavy (non-hydrogen) atoms. The van der Waals surface area contributed by atoms with Gasteiger partial charge < -0.3 is 0 Å². The second-order valence-corrected chi connectivity index (χ2v) is 4.66. The molecule has 0 radical (unpaired) electrons. The molecule has 2 rings (SSSR count). The SMILES string of the molecule is NS(=O)(=O)c1ccccc1-c1cnccn1. The number of nitrogens with two attached hydrogens (primary N) is 1. The molecule has 0 saturated carbocycles. The highest BCUT2D eigenvalue weighted by Crippen LogP contribution is 2.23. The van der Waals surface area contributed by atoms with E-state index in [-0.39, 0.29) is 4.90 Å². The van der Waals surface area contributed by atoms with E-state index >= 15 is 0 Å². The van der Waals surface area contributed by atoms with Gasteiger partial charge in [-0.1, -0.05) is 18.2 Å². The van der Waals surface area contributed by atoms with Gasteiger partial charge in [-0.05, 0) is 6.07 Å². The van der Waals surface area contributed by atoms with E-state index in [4.69, 9.17) is 5.14 Å². The minimum atomic E-state index is -3.75. The average molecular weight is 235 g/mol. The number of sulfonamides is 1. The van der Waals surface area contributed by atoms with Gasteiger partial charge in [0.2, 0.25) is 10.0 Å². The lowest BCUT2D eigenvalue weighted by Crippen LogP contribution is -2.13. The van der Waals surface area contributed by atoms with Crippen molar-refractivity contribution in [1.29, 1.82) is 0 Å². The van der Waals surface area contributed by atoms with Crippen molar-refractivity contribution in [2.24, 2.45) is 5.14 Å². The topological polar surface area (TPSA) is 85.9 Å². The fraction of sp³-hybridized carbons (Fsp3) is 0. The standard InChI is InChI=1S/C10H9N3O2S/c11-16(14,15)10-4-2-1-3-8(10)9-7-12-5-6-13-9/h1-7H,(H2,11,14,15). The molecule has 2 aromatic rings. The monoisotopic (exact) mass is 235 g/mol. The van der Waals surface area contributed by atoms with Crippen LogP contribution in [0.2, 0.25) is 0 Å². The Morgan fingerprint density at radius 2 is 1.88 bits per heavy atom. The molecular weight excluding hydrogens is 226 g/mol. The van der Waals surface area contributed by atoms with E-state index in [1.54, 1.807) is 18.2 Å². The Bertz CT molecular complexity index is 596. The molecule has 0 saturated heterocycles. The average Bonchev–Trinajstić information content (AvgIpc) is 2.29. The maximum Gasteiger partial charge on any atom is 0.238 e. The van der Waals surface area contributed by atoms with Crippen LogP contribution in [0.15, 0.2) is 47.8 Å². The van der Waals surface area contributed by atoms with Crippen LogP contribution in [0.5, 0.6) is 0 Å². The van der Waals surface area contributed by atoms with Crippen LogP contribution in [0.4, 0.5) is 0 Å². The van der Waals surface area contributed by atoms with Crippen LogP contribution in [0.1, 0.15) is 0 Å². The fourth-order valence-electron chi connectivity index (χ4n) is 1.36. The molecule has 0 aliphatic carbocycles. The summed E-state index contributed by atoms with van der Waals surface area (Å²) >= 11 is 0. The highest BCUT2D eigenvalue weighted by Gasteiger charge is 2.14. The molecule has 1 aromatic carbocycles. The molecule has 0 aliphatic rings. The highest BCUT2D eigenvalue weighted by molar-refractivity contribution is 7.89. The number of primary sulfonamides is 1. The molecule has 2 N–H and O–H groups in total. The molecule has 0 fully saturated rings. The van der Waals surface area contributed by atoms with Crippen LogP contribution < -0.4 is 5.14 Å². The van der Waals surface area contributed by atoms with Gasteiger partial charge in [-0.2, -0.15) is 0 Å². The minimum absolute atomic E-state index is 0.0514. The Morgan fingerprint density at radius 1 is 1.12 bits per heavy atom. The van der Waals surface area contributed by atoms with Gasteiger partial charge in [0.25, 0.3) is 0 Å². The smallest absolute Gasteiger partial charge is 0.238 e. The van der Waals surface area contributed by atoms with Crippen molar-refractivity contribution in [3.05, 3.63) is 42.9 Å². The van der Waals surface area contributed by atoms with Crippen molar-refractivity contribution in [3.8, 4) is 11.3 Å². The Balaban J connectivity index is 2.68. The molecule has 1 aromatic heterocycles. The first-order chi connectivity index (χ1) is 7.59. The lowest BCUT2D eigenvalue weighted by Gasteiger charge is -2.05. The zero-order valence-corrected chi connectivity index (χ0v) is 9.05. The molecule has 6 heteroatoms. The lowest BCUT2D eigenvalue weighted by atomic mass is 10.2. The Hall–Kier alpha value is -1.79. The summed E-state index contributed by atoms with van der Waals surface area (Å²) in [7, 11) is -3.75. The Labute approximate surface area is 93.0 Å². The summed E-state index contributed by atoms with van der Waals surface area (Å²) in [6.45, 7) is 0. The Morgan fingerprint density at radius 3 is 2.50 bits per heavy atom. The molecule has 5 nitrogen and oxygen atoms in total. The number of hydrogen-bond donors (Lipinski definition) is 1. The number of nitrogens with zero attached hydrogens (tertiary/aromatic N) is 2. The van der Waals surface area contributed by atoms with Crippen molar-refractivity contribution >= 4 is 10.0 Å². The van der Waals surface area contributed by atoms with Crippen molar-refractivity contribution in [1.82, 2.24) is 9.97 Å². The van der Waals surface area contributed by atoms with Gasteiger partial charge in [0, 0.05) is 18.0 Å². The molecule has 1 heterocycles. The van der Waals surface area contributed by atoms with Crippen LogP contribution in [0.3, 0.4) is 0 Å². The fourth-order valence-corrected chi connectivity index (χ4v) is 2.11.